The molecule has 78 valence electrons. The zero-order valence-electron chi connectivity index (χ0n) is 7.99. The molecule has 0 bridgehead atoms. The lowest BCUT2D eigenvalue weighted by molar-refractivity contribution is 0.0684. The lowest BCUT2D eigenvalue weighted by Gasteiger charge is -2.11. The van der Waals surface area contributed by atoms with Crippen LogP contribution in [-0.2, 0) is 0 Å². The molecule has 0 aliphatic carbocycles. The van der Waals surface area contributed by atoms with Gasteiger partial charge in [-0.1, -0.05) is 5.16 Å². The average molecular weight is 207 g/mol. The van der Waals surface area contributed by atoms with Crippen molar-refractivity contribution in [1.82, 2.24) is 14.7 Å². The van der Waals surface area contributed by atoms with Gasteiger partial charge in [-0.2, -0.15) is 4.98 Å². The van der Waals surface area contributed by atoms with E-state index in [1.54, 1.807) is 23.8 Å². The minimum absolute atomic E-state index is 0.201. The molecule has 6 heteroatoms. The first-order chi connectivity index (χ1) is 7.20. The number of hydrogen-bond acceptors (Lipinski definition) is 4. The first kappa shape index (κ1) is 9.45. The number of carbonyl (C=O) groups is 1. The minimum atomic E-state index is -0.977. The Morgan fingerprint density at radius 2 is 2.47 bits per heavy atom. The Kier molecular flexibility index (Phi) is 2.24. The Hall–Kier alpha value is -2.11. The monoisotopic (exact) mass is 207 g/mol. The Balaban J connectivity index is 2.37. The summed E-state index contributed by atoms with van der Waals surface area (Å²) in [6.45, 7) is 1.80. The number of nitrogens with zero attached hydrogens (tertiary/aromatic N) is 3. The number of carboxylic acid groups (broad SMARTS) is 1. The van der Waals surface area contributed by atoms with Crippen molar-refractivity contribution >= 4 is 5.97 Å². The van der Waals surface area contributed by atoms with E-state index >= 15 is 0 Å². The normalized spacial score (nSPS) is 12.6. The van der Waals surface area contributed by atoms with E-state index in [2.05, 4.69) is 14.7 Å². The zero-order chi connectivity index (χ0) is 10.8. The molecule has 1 N–H and O–H groups in total. The van der Waals surface area contributed by atoms with E-state index in [0.717, 1.165) is 0 Å². The molecule has 0 aliphatic rings. The lowest BCUT2D eigenvalue weighted by Crippen LogP contribution is -2.13. The van der Waals surface area contributed by atoms with Crippen LogP contribution in [0.25, 0.3) is 0 Å². The molecule has 0 saturated heterocycles. The van der Waals surface area contributed by atoms with Crippen LogP contribution >= 0.6 is 0 Å². The number of rotatable bonds is 3. The van der Waals surface area contributed by atoms with E-state index in [0.29, 0.717) is 5.82 Å². The smallest absolute Gasteiger partial charge is 0.352 e. The van der Waals surface area contributed by atoms with Gasteiger partial charge in [0.15, 0.2) is 5.82 Å². The quantitative estimate of drug-likeness (QED) is 0.817. The number of aromatic carboxylic acids is 1. The summed E-state index contributed by atoms with van der Waals surface area (Å²) in [7, 11) is 0. The number of carboxylic acids is 1. The van der Waals surface area contributed by atoms with E-state index < -0.39 is 5.97 Å². The largest absolute Gasteiger partial charge is 0.477 e. The van der Waals surface area contributed by atoms with Crippen molar-refractivity contribution in [3.63, 3.8) is 0 Å². The van der Waals surface area contributed by atoms with Crippen molar-refractivity contribution in [1.29, 1.82) is 0 Å². The van der Waals surface area contributed by atoms with Gasteiger partial charge in [0.1, 0.15) is 5.69 Å². The van der Waals surface area contributed by atoms with Crippen molar-refractivity contribution in [3.8, 4) is 0 Å². The number of aromatic nitrogens is 3. The molecule has 2 aromatic rings. The summed E-state index contributed by atoms with van der Waals surface area (Å²) in [4.78, 5) is 14.8. The predicted molar refractivity (Wildman–Crippen MR) is 49.5 cm³/mol. The standard InChI is InChI=1S/C9H9N3O3/c1-6(8-10-5-15-11-8)12-4-2-3-7(12)9(13)14/h2-6H,1H3,(H,13,14). The fraction of sp³-hybridized carbons (Fsp3) is 0.222. The fourth-order valence-corrected chi connectivity index (χ4v) is 1.40. The molecule has 0 spiro atoms. The van der Waals surface area contributed by atoms with Gasteiger partial charge in [0.2, 0.25) is 6.39 Å². The topological polar surface area (TPSA) is 81.2 Å². The van der Waals surface area contributed by atoms with Gasteiger partial charge in [-0.3, -0.25) is 0 Å². The highest BCUT2D eigenvalue weighted by molar-refractivity contribution is 5.85. The summed E-state index contributed by atoms with van der Waals surface area (Å²) in [5, 5.41) is 12.6. The van der Waals surface area contributed by atoms with E-state index in [9.17, 15) is 4.79 Å². The Morgan fingerprint density at radius 1 is 1.67 bits per heavy atom. The van der Waals surface area contributed by atoms with E-state index in [4.69, 9.17) is 5.11 Å². The molecule has 2 rings (SSSR count). The van der Waals surface area contributed by atoms with Crippen molar-refractivity contribution in [2.45, 2.75) is 13.0 Å². The number of hydrogen-bond donors (Lipinski definition) is 1. The lowest BCUT2D eigenvalue weighted by atomic mass is 10.3. The minimum Gasteiger partial charge on any atom is -0.477 e. The summed E-state index contributed by atoms with van der Waals surface area (Å²) in [6, 6.07) is 2.93. The summed E-state index contributed by atoms with van der Waals surface area (Å²) < 4.78 is 6.19. The van der Waals surface area contributed by atoms with Crippen LogP contribution in [0.15, 0.2) is 29.2 Å². The van der Waals surface area contributed by atoms with Crippen LogP contribution in [0.5, 0.6) is 0 Å². The first-order valence-electron chi connectivity index (χ1n) is 4.36. The van der Waals surface area contributed by atoms with E-state index in [-0.39, 0.29) is 11.7 Å². The Labute approximate surface area is 85.1 Å². The maximum absolute atomic E-state index is 10.9. The maximum atomic E-state index is 10.9. The summed E-state index contributed by atoms with van der Waals surface area (Å²) in [5.74, 6) is -0.524. The second kappa shape index (κ2) is 3.56. The van der Waals surface area contributed by atoms with Crippen molar-refractivity contribution in [2.24, 2.45) is 0 Å². The molecule has 2 aromatic heterocycles. The average Bonchev–Trinajstić information content (AvgIpc) is 2.88. The molecule has 6 nitrogen and oxygen atoms in total. The van der Waals surface area contributed by atoms with Gasteiger partial charge >= 0.3 is 5.97 Å². The highest BCUT2D eigenvalue weighted by Crippen LogP contribution is 2.16. The molecule has 1 atom stereocenters. The summed E-state index contributed by atoms with van der Waals surface area (Å²) >= 11 is 0. The van der Waals surface area contributed by atoms with Crippen molar-refractivity contribution in [3.05, 3.63) is 36.2 Å². The third-order valence-corrected chi connectivity index (χ3v) is 2.17. The van der Waals surface area contributed by atoms with Crippen LogP contribution in [-0.4, -0.2) is 25.8 Å². The molecule has 1 unspecified atom stereocenters. The van der Waals surface area contributed by atoms with Crippen LogP contribution < -0.4 is 0 Å². The first-order valence-corrected chi connectivity index (χ1v) is 4.36. The highest BCUT2D eigenvalue weighted by Gasteiger charge is 2.17. The second-order valence-corrected chi connectivity index (χ2v) is 3.07. The van der Waals surface area contributed by atoms with E-state index in [1.807, 2.05) is 0 Å². The van der Waals surface area contributed by atoms with Crippen molar-refractivity contribution < 1.29 is 14.4 Å². The van der Waals surface area contributed by atoms with Gasteiger partial charge in [0.05, 0.1) is 6.04 Å². The van der Waals surface area contributed by atoms with Gasteiger partial charge in [0, 0.05) is 6.20 Å². The molecule has 15 heavy (non-hydrogen) atoms. The molecular formula is C9H9N3O3. The fourth-order valence-electron chi connectivity index (χ4n) is 1.40. The molecule has 0 saturated carbocycles. The van der Waals surface area contributed by atoms with Crippen molar-refractivity contribution in [2.75, 3.05) is 0 Å². The van der Waals surface area contributed by atoms with Crippen LogP contribution in [0.2, 0.25) is 0 Å². The van der Waals surface area contributed by atoms with Crippen LogP contribution in [0.4, 0.5) is 0 Å². The molecule has 0 aliphatic heterocycles. The second-order valence-electron chi connectivity index (χ2n) is 3.07. The van der Waals surface area contributed by atoms with Crippen LogP contribution in [0.3, 0.4) is 0 Å². The van der Waals surface area contributed by atoms with Gasteiger partial charge in [-0.25, -0.2) is 4.79 Å². The van der Waals surface area contributed by atoms with Gasteiger partial charge in [-0.15, -0.1) is 0 Å². The molecule has 0 radical (unpaired) electrons. The van der Waals surface area contributed by atoms with Gasteiger partial charge in [-0.05, 0) is 19.1 Å². The van der Waals surface area contributed by atoms with Crippen LogP contribution in [0.1, 0.15) is 29.3 Å². The zero-order valence-corrected chi connectivity index (χ0v) is 7.99. The SMILES string of the molecule is CC(c1ncon1)n1cccc1C(=O)O. The van der Waals surface area contributed by atoms with Gasteiger partial charge in [0.25, 0.3) is 0 Å². The third-order valence-electron chi connectivity index (χ3n) is 2.17. The van der Waals surface area contributed by atoms with E-state index in [1.165, 1.54) is 12.5 Å². The Morgan fingerprint density at radius 3 is 3.07 bits per heavy atom. The molecule has 0 aromatic carbocycles. The molecule has 2 heterocycles. The summed E-state index contributed by atoms with van der Waals surface area (Å²) in [5.41, 5.74) is 0.201. The maximum Gasteiger partial charge on any atom is 0.352 e. The molecular weight excluding hydrogens is 198 g/mol. The third kappa shape index (κ3) is 1.61. The van der Waals surface area contributed by atoms with Crippen LogP contribution in [0, 0.1) is 0 Å². The molecule has 0 amide bonds. The highest BCUT2D eigenvalue weighted by atomic mass is 16.5. The Bertz CT molecular complexity index is 461. The van der Waals surface area contributed by atoms with Gasteiger partial charge < -0.3 is 14.2 Å². The summed E-state index contributed by atoms with van der Waals surface area (Å²) in [6.07, 6.45) is 2.89. The predicted octanol–water partition coefficient (Wildman–Crippen LogP) is 1.18. The molecule has 0 fully saturated rings.